The fourth-order valence-electron chi connectivity index (χ4n) is 5.67. The molecule has 2 saturated heterocycles. The number of primary amides is 1. The second kappa shape index (κ2) is 11.0. The highest BCUT2D eigenvalue weighted by Gasteiger charge is 2.35. The van der Waals surface area contributed by atoms with E-state index in [0.717, 1.165) is 42.8 Å². The van der Waals surface area contributed by atoms with Crippen LogP contribution in [0.15, 0.2) is 36.5 Å². The molecule has 0 saturated carbocycles. The Balaban J connectivity index is 1.30. The largest absolute Gasteiger partial charge is 0.378 e. The Bertz CT molecular complexity index is 1240. The van der Waals surface area contributed by atoms with E-state index in [1.807, 2.05) is 50.7 Å². The fraction of sp³-hybridized carbons (Fsp3) is 0.556. The van der Waals surface area contributed by atoms with E-state index >= 15 is 0 Å². The number of imidazole rings is 1. The van der Waals surface area contributed by atoms with Crippen molar-refractivity contribution in [3.05, 3.63) is 48.0 Å². The van der Waals surface area contributed by atoms with Crippen molar-refractivity contribution in [3.8, 4) is 0 Å². The first kappa shape index (κ1) is 25.4. The van der Waals surface area contributed by atoms with Crippen molar-refractivity contribution in [2.45, 2.75) is 39.3 Å². The van der Waals surface area contributed by atoms with E-state index in [-0.39, 0.29) is 23.7 Å². The second-order valence-electron chi connectivity index (χ2n) is 10.6. The number of carbonyl (C=O) groups is 2. The molecule has 198 valence electrons. The van der Waals surface area contributed by atoms with E-state index in [9.17, 15) is 9.59 Å². The summed E-state index contributed by atoms with van der Waals surface area (Å²) in [5.74, 6) is 0.446. The van der Waals surface area contributed by atoms with Gasteiger partial charge in [-0.3, -0.25) is 14.3 Å². The monoisotopic (exact) mass is 507 g/mol. The van der Waals surface area contributed by atoms with Crippen LogP contribution in [0.4, 0.5) is 0 Å². The number of para-hydroxylation sites is 2. The predicted molar refractivity (Wildman–Crippen MR) is 140 cm³/mol. The van der Waals surface area contributed by atoms with Gasteiger partial charge in [-0.25, -0.2) is 4.98 Å². The van der Waals surface area contributed by atoms with Crippen LogP contribution in [-0.2, 0) is 22.5 Å². The molecule has 0 aliphatic carbocycles. The summed E-state index contributed by atoms with van der Waals surface area (Å²) in [4.78, 5) is 34.2. The van der Waals surface area contributed by atoms with E-state index < -0.39 is 5.91 Å². The zero-order valence-electron chi connectivity index (χ0n) is 21.8. The summed E-state index contributed by atoms with van der Waals surface area (Å²) in [6.07, 6.45) is 3.45. The molecule has 10 heteroatoms. The normalized spacial score (nSPS) is 21.1. The molecule has 10 nitrogen and oxygen atoms in total. The number of piperidine rings is 1. The molecule has 2 aromatic heterocycles. The highest BCUT2D eigenvalue weighted by molar-refractivity contribution is 5.93. The zero-order chi connectivity index (χ0) is 25.9. The summed E-state index contributed by atoms with van der Waals surface area (Å²) >= 11 is 0. The third kappa shape index (κ3) is 5.70. The number of hydrogen-bond acceptors (Lipinski definition) is 6. The summed E-state index contributed by atoms with van der Waals surface area (Å²) in [6, 6.07) is 9.82. The number of aryl methyl sites for hydroxylation is 2. The highest BCUT2D eigenvalue weighted by Crippen LogP contribution is 2.28. The lowest BCUT2D eigenvalue weighted by molar-refractivity contribution is -0.142. The molecule has 5 rings (SSSR count). The van der Waals surface area contributed by atoms with Crippen LogP contribution in [0, 0.1) is 11.8 Å². The number of ether oxygens (including phenoxy) is 1. The van der Waals surface area contributed by atoms with E-state index in [4.69, 9.17) is 15.6 Å². The molecule has 2 fully saturated rings. The van der Waals surface area contributed by atoms with Crippen molar-refractivity contribution >= 4 is 22.8 Å². The number of fused-ring (bicyclic) bond motifs is 1. The first-order chi connectivity index (χ1) is 17.9. The number of nitrogens with zero attached hydrogens (tertiary/aromatic N) is 6. The maximum atomic E-state index is 13.4. The van der Waals surface area contributed by atoms with Crippen LogP contribution >= 0.6 is 0 Å². The van der Waals surface area contributed by atoms with Gasteiger partial charge < -0.3 is 24.8 Å². The molecule has 2 aliphatic rings. The van der Waals surface area contributed by atoms with Gasteiger partial charge in [0, 0.05) is 51.9 Å². The van der Waals surface area contributed by atoms with Gasteiger partial charge in [0.25, 0.3) is 5.91 Å². The standard InChI is InChI=1S/C27H37N7O3/c1-19(2)16-31-17-20(27(36)32-11-13-37-14-12-32)15-22(18-31)34-10-8-21(30-34)7-9-33-24-6-4-3-5-23(24)29-26(33)25(28)35/h3-6,8,10,19-20,22H,7,9,11-18H2,1-2H3,(H2,28,35)/t20-,22+/m1/s1. The minimum absolute atomic E-state index is 0.0429. The molecule has 4 heterocycles. The summed E-state index contributed by atoms with van der Waals surface area (Å²) < 4.78 is 9.35. The molecule has 2 aliphatic heterocycles. The van der Waals surface area contributed by atoms with E-state index in [1.54, 1.807) is 0 Å². The van der Waals surface area contributed by atoms with Crippen molar-refractivity contribution in [1.29, 1.82) is 0 Å². The molecule has 2 N–H and O–H groups in total. The SMILES string of the molecule is CC(C)CN1C[C@H](C(=O)N2CCOCC2)C[C@H](n2ccc(CCn3c(C(N)=O)nc4ccccc43)n2)C1. The molecular formula is C27H37N7O3. The van der Waals surface area contributed by atoms with Gasteiger partial charge in [0.05, 0.1) is 41.9 Å². The summed E-state index contributed by atoms with van der Waals surface area (Å²) in [7, 11) is 0. The van der Waals surface area contributed by atoms with Gasteiger partial charge in [-0.05, 0) is 30.5 Å². The van der Waals surface area contributed by atoms with Gasteiger partial charge in [-0.1, -0.05) is 26.0 Å². The maximum Gasteiger partial charge on any atom is 0.284 e. The molecule has 0 unspecified atom stereocenters. The molecule has 0 spiro atoms. The van der Waals surface area contributed by atoms with E-state index in [0.29, 0.717) is 45.2 Å². The van der Waals surface area contributed by atoms with E-state index in [1.165, 1.54) is 0 Å². The quantitative estimate of drug-likeness (QED) is 0.499. The number of carbonyl (C=O) groups excluding carboxylic acids is 2. The Kier molecular flexibility index (Phi) is 7.57. The molecule has 0 bridgehead atoms. The third-order valence-corrected chi connectivity index (χ3v) is 7.30. The van der Waals surface area contributed by atoms with Gasteiger partial charge >= 0.3 is 0 Å². The van der Waals surface area contributed by atoms with E-state index in [2.05, 4.69) is 23.7 Å². The third-order valence-electron chi connectivity index (χ3n) is 7.30. The van der Waals surface area contributed by atoms with Crippen molar-refractivity contribution in [3.63, 3.8) is 0 Å². The molecule has 3 aromatic rings. The van der Waals surface area contributed by atoms with Gasteiger partial charge in [-0.15, -0.1) is 0 Å². The zero-order valence-corrected chi connectivity index (χ0v) is 21.8. The van der Waals surface area contributed by atoms with Gasteiger partial charge in [0.15, 0.2) is 5.82 Å². The topological polar surface area (TPSA) is 112 Å². The van der Waals surface area contributed by atoms with Crippen molar-refractivity contribution in [2.24, 2.45) is 17.6 Å². The molecule has 2 atom stereocenters. The Morgan fingerprint density at radius 1 is 1.14 bits per heavy atom. The maximum absolute atomic E-state index is 13.4. The lowest BCUT2D eigenvalue weighted by atomic mass is 9.92. The van der Waals surface area contributed by atoms with Gasteiger partial charge in [0.2, 0.25) is 5.91 Å². The van der Waals surface area contributed by atoms with Gasteiger partial charge in [0.1, 0.15) is 0 Å². The number of nitrogens with two attached hydrogens (primary N) is 1. The first-order valence-electron chi connectivity index (χ1n) is 13.3. The number of amides is 2. The number of benzene rings is 1. The van der Waals surface area contributed by atoms with Crippen LogP contribution < -0.4 is 5.73 Å². The minimum Gasteiger partial charge on any atom is -0.378 e. The van der Waals surface area contributed by atoms with Crippen LogP contribution in [0.3, 0.4) is 0 Å². The lowest BCUT2D eigenvalue weighted by Gasteiger charge is -2.40. The fourth-order valence-corrected chi connectivity index (χ4v) is 5.67. The predicted octanol–water partition coefficient (Wildman–Crippen LogP) is 1.95. The average Bonchev–Trinajstić information content (AvgIpc) is 3.52. The van der Waals surface area contributed by atoms with Crippen molar-refractivity contribution in [2.75, 3.05) is 45.9 Å². The summed E-state index contributed by atoms with van der Waals surface area (Å²) in [5, 5.41) is 4.90. The van der Waals surface area contributed by atoms with Crippen LogP contribution in [-0.4, -0.2) is 86.9 Å². The summed E-state index contributed by atoms with van der Waals surface area (Å²) in [6.45, 7) is 10.2. The number of likely N-dealkylation sites (tertiary alicyclic amines) is 1. The Labute approximate surface area is 217 Å². The van der Waals surface area contributed by atoms with Gasteiger partial charge in [-0.2, -0.15) is 5.10 Å². The van der Waals surface area contributed by atoms with Crippen molar-refractivity contribution in [1.82, 2.24) is 29.1 Å². The molecule has 1 aromatic carbocycles. The summed E-state index contributed by atoms with van der Waals surface area (Å²) in [5.41, 5.74) is 8.18. The minimum atomic E-state index is -0.537. The smallest absolute Gasteiger partial charge is 0.284 e. The molecule has 37 heavy (non-hydrogen) atoms. The van der Waals surface area contributed by atoms with Crippen LogP contribution in [0.25, 0.3) is 11.0 Å². The highest BCUT2D eigenvalue weighted by atomic mass is 16.5. The molecule has 2 amide bonds. The molecule has 0 radical (unpaired) electrons. The van der Waals surface area contributed by atoms with Crippen LogP contribution in [0.1, 0.15) is 42.6 Å². The van der Waals surface area contributed by atoms with Crippen LogP contribution in [0.5, 0.6) is 0 Å². The Morgan fingerprint density at radius 3 is 2.68 bits per heavy atom. The second-order valence-corrected chi connectivity index (χ2v) is 10.6. The van der Waals surface area contributed by atoms with Crippen molar-refractivity contribution < 1.29 is 14.3 Å². The number of aromatic nitrogens is 4. The number of rotatable bonds is 8. The average molecular weight is 508 g/mol. The lowest BCUT2D eigenvalue weighted by Crippen LogP contribution is -2.51. The Morgan fingerprint density at radius 2 is 1.92 bits per heavy atom. The first-order valence-corrected chi connectivity index (χ1v) is 13.3. The Hall–Kier alpha value is -3.24. The number of hydrogen-bond donors (Lipinski definition) is 1. The number of morpholine rings is 1. The molecular weight excluding hydrogens is 470 g/mol. The van der Waals surface area contributed by atoms with Crippen LogP contribution in [0.2, 0.25) is 0 Å².